The molecule has 1 fully saturated rings. The van der Waals surface area contributed by atoms with Crippen LogP contribution in [0.3, 0.4) is 0 Å². The summed E-state index contributed by atoms with van der Waals surface area (Å²) in [5, 5.41) is 7.85. The van der Waals surface area contributed by atoms with Crippen LogP contribution in [-0.4, -0.2) is 48.0 Å². The normalized spacial score (nSPS) is 24.6. The molecule has 2 aromatic rings. The van der Waals surface area contributed by atoms with Crippen molar-refractivity contribution in [2.45, 2.75) is 31.8 Å². The number of ether oxygens (including phenoxy) is 1. The van der Waals surface area contributed by atoms with E-state index in [2.05, 4.69) is 48.3 Å². The average molecular weight is 340 g/mol. The molecule has 1 aromatic carbocycles. The molecular formula is C19H24N4O2. The Morgan fingerprint density at radius 3 is 2.88 bits per heavy atom. The molecule has 2 aliphatic rings. The fourth-order valence-corrected chi connectivity index (χ4v) is 3.75. The number of amides is 1. The second-order valence-electron chi connectivity index (χ2n) is 6.93. The third-order valence-corrected chi connectivity index (χ3v) is 5.31. The van der Waals surface area contributed by atoms with Crippen molar-refractivity contribution in [1.82, 2.24) is 15.1 Å². The Hall–Kier alpha value is -2.34. The molecule has 1 saturated heterocycles. The molecule has 1 amide bonds. The quantitative estimate of drug-likeness (QED) is 0.931. The molecule has 6 nitrogen and oxygen atoms in total. The number of carbonyl (C=O) groups is 1. The van der Waals surface area contributed by atoms with Crippen molar-refractivity contribution in [2.24, 2.45) is 0 Å². The van der Waals surface area contributed by atoms with Gasteiger partial charge in [0, 0.05) is 25.1 Å². The van der Waals surface area contributed by atoms with Crippen LogP contribution in [0.5, 0.6) is 0 Å². The van der Waals surface area contributed by atoms with Crippen LogP contribution in [0, 0.1) is 0 Å². The largest absolute Gasteiger partial charge is 0.377 e. The molecule has 0 bridgehead atoms. The first kappa shape index (κ1) is 16.1. The van der Waals surface area contributed by atoms with E-state index in [9.17, 15) is 4.79 Å². The van der Waals surface area contributed by atoms with Gasteiger partial charge in [-0.05, 0) is 12.5 Å². The summed E-state index contributed by atoms with van der Waals surface area (Å²) in [7, 11) is 0. The zero-order valence-electron chi connectivity index (χ0n) is 14.7. The number of benzene rings is 1. The molecule has 4 rings (SSSR count). The summed E-state index contributed by atoms with van der Waals surface area (Å²) in [5.74, 6) is 1.08. The van der Waals surface area contributed by atoms with Gasteiger partial charge in [-0.15, -0.1) is 0 Å². The number of morpholine rings is 1. The minimum Gasteiger partial charge on any atom is -0.377 e. The number of anilines is 1. The number of hydrogen-bond donors (Lipinski definition) is 1. The van der Waals surface area contributed by atoms with Crippen molar-refractivity contribution < 1.29 is 9.53 Å². The summed E-state index contributed by atoms with van der Waals surface area (Å²) in [6.45, 7) is 7.11. The van der Waals surface area contributed by atoms with Crippen molar-refractivity contribution in [1.29, 1.82) is 0 Å². The van der Waals surface area contributed by atoms with E-state index in [1.807, 2.05) is 16.8 Å². The van der Waals surface area contributed by atoms with Gasteiger partial charge in [-0.3, -0.25) is 9.48 Å². The lowest BCUT2D eigenvalue weighted by Crippen LogP contribution is -2.44. The van der Waals surface area contributed by atoms with Gasteiger partial charge in [0.1, 0.15) is 5.69 Å². The van der Waals surface area contributed by atoms with Crippen LogP contribution < -0.4 is 10.2 Å². The maximum absolute atomic E-state index is 12.4. The number of rotatable bonds is 3. The van der Waals surface area contributed by atoms with Crippen molar-refractivity contribution in [3.63, 3.8) is 0 Å². The first-order chi connectivity index (χ1) is 12.1. The summed E-state index contributed by atoms with van der Waals surface area (Å²) in [6, 6.07) is 12.7. The van der Waals surface area contributed by atoms with Gasteiger partial charge in [0.2, 0.25) is 0 Å². The van der Waals surface area contributed by atoms with Gasteiger partial charge in [-0.2, -0.15) is 5.10 Å². The van der Waals surface area contributed by atoms with Gasteiger partial charge in [-0.25, -0.2) is 0 Å². The minimum absolute atomic E-state index is 0.0452. The Labute approximate surface area is 147 Å². The standard InChI is InChI=1S/C19H24N4O2/c1-13-12-25-9-8-22(13)18-10-16-19(24)20-11-17(23(16)21-18)14(2)15-6-4-3-5-7-15/h3-7,10,13-14,17H,8-9,11-12H2,1-2H3,(H,20,24)/t13-,14+,17?/m1/s1. The van der Waals surface area contributed by atoms with Gasteiger partial charge >= 0.3 is 0 Å². The Balaban J connectivity index is 1.68. The van der Waals surface area contributed by atoms with Crippen molar-refractivity contribution in [2.75, 3.05) is 31.2 Å². The highest BCUT2D eigenvalue weighted by molar-refractivity contribution is 5.94. The highest BCUT2D eigenvalue weighted by atomic mass is 16.5. The molecule has 3 heterocycles. The monoisotopic (exact) mass is 340 g/mol. The summed E-state index contributed by atoms with van der Waals surface area (Å²) in [5.41, 5.74) is 1.90. The van der Waals surface area contributed by atoms with E-state index in [1.54, 1.807) is 0 Å². The summed E-state index contributed by atoms with van der Waals surface area (Å²) in [4.78, 5) is 14.6. The first-order valence-corrected chi connectivity index (χ1v) is 8.92. The maximum Gasteiger partial charge on any atom is 0.269 e. The van der Waals surface area contributed by atoms with Gasteiger partial charge in [0.25, 0.3) is 5.91 Å². The molecule has 0 spiro atoms. The molecule has 0 aliphatic carbocycles. The third kappa shape index (κ3) is 2.91. The molecule has 25 heavy (non-hydrogen) atoms. The number of aromatic nitrogens is 2. The van der Waals surface area contributed by atoms with E-state index in [-0.39, 0.29) is 23.9 Å². The SMILES string of the molecule is C[C@@H]1COCCN1c1cc2n(n1)C([C@@H](C)c1ccccc1)CNC2=O. The van der Waals surface area contributed by atoms with Crippen LogP contribution in [0.1, 0.15) is 41.9 Å². The smallest absolute Gasteiger partial charge is 0.269 e. The number of fused-ring (bicyclic) bond motifs is 1. The van der Waals surface area contributed by atoms with E-state index >= 15 is 0 Å². The van der Waals surface area contributed by atoms with Crippen LogP contribution in [0.15, 0.2) is 36.4 Å². The zero-order valence-corrected chi connectivity index (χ0v) is 14.7. The molecule has 0 radical (unpaired) electrons. The van der Waals surface area contributed by atoms with E-state index in [4.69, 9.17) is 9.84 Å². The van der Waals surface area contributed by atoms with Gasteiger partial charge in [-0.1, -0.05) is 37.3 Å². The summed E-state index contributed by atoms with van der Waals surface area (Å²) < 4.78 is 7.44. The predicted octanol–water partition coefficient (Wildman–Crippen LogP) is 2.20. The number of nitrogens with one attached hydrogen (secondary N) is 1. The topological polar surface area (TPSA) is 59.4 Å². The lowest BCUT2D eigenvalue weighted by atomic mass is 9.92. The highest BCUT2D eigenvalue weighted by Gasteiger charge is 2.33. The second kappa shape index (κ2) is 6.52. The molecular weight excluding hydrogens is 316 g/mol. The number of carbonyl (C=O) groups excluding carboxylic acids is 1. The maximum atomic E-state index is 12.4. The fraction of sp³-hybridized carbons (Fsp3) is 0.474. The Kier molecular flexibility index (Phi) is 4.21. The predicted molar refractivity (Wildman–Crippen MR) is 96.1 cm³/mol. The average Bonchev–Trinajstić information content (AvgIpc) is 3.08. The van der Waals surface area contributed by atoms with Gasteiger partial charge in [0.05, 0.1) is 25.3 Å². The van der Waals surface area contributed by atoms with Gasteiger partial charge < -0.3 is 15.0 Å². The van der Waals surface area contributed by atoms with Crippen LogP contribution in [0.4, 0.5) is 5.82 Å². The van der Waals surface area contributed by atoms with Gasteiger partial charge in [0.15, 0.2) is 5.82 Å². The van der Waals surface area contributed by atoms with Crippen molar-refractivity contribution >= 4 is 11.7 Å². The fourth-order valence-electron chi connectivity index (χ4n) is 3.75. The lowest BCUT2D eigenvalue weighted by molar-refractivity contribution is 0.0903. The zero-order chi connectivity index (χ0) is 17.4. The van der Waals surface area contributed by atoms with E-state index in [1.165, 1.54) is 5.56 Å². The number of nitrogens with zero attached hydrogens (tertiary/aromatic N) is 3. The van der Waals surface area contributed by atoms with E-state index in [0.29, 0.717) is 25.5 Å². The molecule has 3 atom stereocenters. The molecule has 1 aromatic heterocycles. The van der Waals surface area contributed by atoms with Crippen molar-refractivity contribution in [3.05, 3.63) is 47.7 Å². The molecule has 0 saturated carbocycles. The molecule has 1 unspecified atom stereocenters. The molecule has 2 aliphatic heterocycles. The van der Waals surface area contributed by atoms with E-state index in [0.717, 1.165) is 12.4 Å². The Morgan fingerprint density at radius 2 is 2.12 bits per heavy atom. The van der Waals surface area contributed by atoms with Crippen molar-refractivity contribution in [3.8, 4) is 0 Å². The minimum atomic E-state index is -0.0452. The molecule has 132 valence electrons. The summed E-state index contributed by atoms with van der Waals surface area (Å²) in [6.07, 6.45) is 0. The lowest BCUT2D eigenvalue weighted by Gasteiger charge is -2.33. The Morgan fingerprint density at radius 1 is 1.32 bits per heavy atom. The van der Waals surface area contributed by atoms with Crippen LogP contribution in [0.2, 0.25) is 0 Å². The third-order valence-electron chi connectivity index (χ3n) is 5.31. The molecule has 6 heteroatoms. The van der Waals surface area contributed by atoms with Crippen LogP contribution in [-0.2, 0) is 4.74 Å². The highest BCUT2D eigenvalue weighted by Crippen LogP contribution is 2.32. The first-order valence-electron chi connectivity index (χ1n) is 8.92. The summed E-state index contributed by atoms with van der Waals surface area (Å²) >= 11 is 0. The molecule has 1 N–H and O–H groups in total. The van der Waals surface area contributed by atoms with E-state index < -0.39 is 0 Å². The van der Waals surface area contributed by atoms with Crippen LogP contribution in [0.25, 0.3) is 0 Å². The van der Waals surface area contributed by atoms with Crippen LogP contribution >= 0.6 is 0 Å². The number of hydrogen-bond acceptors (Lipinski definition) is 4. The second-order valence-corrected chi connectivity index (χ2v) is 6.93. The Bertz CT molecular complexity index is 758.